The highest BCUT2D eigenvalue weighted by atomic mass is 32.1. The molecule has 2 heterocycles. The van der Waals surface area contributed by atoms with E-state index in [0.29, 0.717) is 13.2 Å². The van der Waals surface area contributed by atoms with Crippen molar-refractivity contribution in [2.45, 2.75) is 45.4 Å². The summed E-state index contributed by atoms with van der Waals surface area (Å²) in [6.07, 6.45) is 1.99. The zero-order chi connectivity index (χ0) is 18.4. The normalized spacial score (nSPS) is 18.4. The third kappa shape index (κ3) is 5.81. The van der Waals surface area contributed by atoms with Crippen LogP contribution in [0.15, 0.2) is 36.4 Å². The largest absolute Gasteiger partial charge is 0.491 e. The molecular weight excluding hydrogens is 346 g/mol. The molecule has 1 fully saturated rings. The van der Waals surface area contributed by atoms with Gasteiger partial charge in [0.1, 0.15) is 18.5 Å². The van der Waals surface area contributed by atoms with Gasteiger partial charge in [0, 0.05) is 36.0 Å². The maximum absolute atomic E-state index is 10.5. The first-order valence-corrected chi connectivity index (χ1v) is 10.2. The number of rotatable bonds is 9. The average molecular weight is 376 g/mol. The summed E-state index contributed by atoms with van der Waals surface area (Å²) in [5.74, 6) is 0.839. The van der Waals surface area contributed by atoms with Gasteiger partial charge in [-0.05, 0) is 50.5 Å². The highest BCUT2D eigenvalue weighted by Gasteiger charge is 2.22. The van der Waals surface area contributed by atoms with Gasteiger partial charge < -0.3 is 14.6 Å². The molecule has 0 aliphatic carbocycles. The number of nitrogens with zero attached hydrogens (tertiary/aromatic N) is 1. The second-order valence-corrected chi connectivity index (χ2v) is 8.44. The maximum Gasteiger partial charge on any atom is 0.122 e. The number of aliphatic hydroxyl groups is 1. The van der Waals surface area contributed by atoms with Crippen LogP contribution in [0.5, 0.6) is 5.75 Å². The molecule has 0 amide bonds. The third-order valence-corrected chi connectivity index (χ3v) is 5.64. The highest BCUT2D eigenvalue weighted by Crippen LogP contribution is 2.20. The van der Waals surface area contributed by atoms with Gasteiger partial charge in [0.15, 0.2) is 0 Å². The van der Waals surface area contributed by atoms with Gasteiger partial charge in [0.25, 0.3) is 0 Å². The fraction of sp³-hybridized carbons (Fsp3) is 0.524. The van der Waals surface area contributed by atoms with Crippen molar-refractivity contribution in [2.24, 2.45) is 0 Å². The first-order valence-electron chi connectivity index (χ1n) is 9.36. The molecule has 1 aromatic heterocycles. The van der Waals surface area contributed by atoms with Crippen molar-refractivity contribution in [3.05, 3.63) is 51.7 Å². The molecule has 2 unspecified atom stereocenters. The van der Waals surface area contributed by atoms with E-state index >= 15 is 0 Å². The molecule has 1 saturated heterocycles. The Hall–Kier alpha value is -1.40. The summed E-state index contributed by atoms with van der Waals surface area (Å²) in [7, 11) is 0. The number of benzene rings is 1. The molecule has 0 spiro atoms. The fourth-order valence-electron chi connectivity index (χ4n) is 3.33. The number of hydrogen-bond donors (Lipinski definition) is 1. The van der Waals surface area contributed by atoms with E-state index in [-0.39, 0.29) is 6.10 Å². The molecule has 5 heteroatoms. The minimum absolute atomic E-state index is 0.278. The van der Waals surface area contributed by atoms with Gasteiger partial charge in [-0.3, -0.25) is 4.90 Å². The lowest BCUT2D eigenvalue weighted by Crippen LogP contribution is -2.39. The Kier molecular flexibility index (Phi) is 7.08. The summed E-state index contributed by atoms with van der Waals surface area (Å²) in [6, 6.07) is 12.2. The van der Waals surface area contributed by atoms with E-state index in [4.69, 9.17) is 9.47 Å². The van der Waals surface area contributed by atoms with Gasteiger partial charge in [-0.2, -0.15) is 0 Å². The Morgan fingerprint density at radius 1 is 1.27 bits per heavy atom. The second kappa shape index (κ2) is 9.51. The van der Waals surface area contributed by atoms with Crippen molar-refractivity contribution in [3.63, 3.8) is 0 Å². The van der Waals surface area contributed by atoms with E-state index in [1.54, 1.807) is 0 Å². The Balaban J connectivity index is 1.55. The fourth-order valence-corrected chi connectivity index (χ4v) is 4.26. The number of aliphatic hydroxyl groups excluding tert-OH is 1. The number of ether oxygens (including phenoxy) is 2. The van der Waals surface area contributed by atoms with Gasteiger partial charge in [0.05, 0.1) is 6.10 Å². The number of hydrogen-bond acceptors (Lipinski definition) is 5. The van der Waals surface area contributed by atoms with Crippen LogP contribution in [0.3, 0.4) is 0 Å². The van der Waals surface area contributed by atoms with Crippen molar-refractivity contribution in [2.75, 3.05) is 26.3 Å². The molecule has 4 nitrogen and oxygen atoms in total. The molecule has 0 saturated carbocycles. The van der Waals surface area contributed by atoms with Crippen molar-refractivity contribution < 1.29 is 14.6 Å². The van der Waals surface area contributed by atoms with Crippen LogP contribution >= 0.6 is 11.3 Å². The van der Waals surface area contributed by atoms with Crippen LogP contribution in [0.1, 0.15) is 28.2 Å². The monoisotopic (exact) mass is 375 g/mol. The molecular formula is C21H29NO3S. The van der Waals surface area contributed by atoms with Gasteiger partial charge in [0.2, 0.25) is 0 Å². The van der Waals surface area contributed by atoms with Gasteiger partial charge in [-0.25, -0.2) is 0 Å². The minimum Gasteiger partial charge on any atom is -0.491 e. The Morgan fingerprint density at radius 3 is 2.81 bits per heavy atom. The Labute approximate surface area is 160 Å². The summed E-state index contributed by atoms with van der Waals surface area (Å²) >= 11 is 1.82. The zero-order valence-electron chi connectivity index (χ0n) is 15.7. The standard InChI is InChI=1S/C21H29NO3S/c1-16-6-3-4-8-21(16)25-15-18(23)12-22(13-19-7-5-11-24-19)14-20-10-9-17(2)26-20/h3-4,6,8-10,18-19,23H,5,7,11-15H2,1-2H3. The Morgan fingerprint density at radius 2 is 2.12 bits per heavy atom. The van der Waals surface area contributed by atoms with E-state index in [1.807, 2.05) is 42.5 Å². The van der Waals surface area contributed by atoms with Crippen LogP contribution < -0.4 is 4.74 Å². The van der Waals surface area contributed by atoms with Crippen LogP contribution in [0.2, 0.25) is 0 Å². The zero-order valence-corrected chi connectivity index (χ0v) is 16.5. The molecule has 1 aromatic carbocycles. The molecule has 2 aromatic rings. The molecule has 1 aliphatic rings. The third-order valence-electron chi connectivity index (χ3n) is 4.66. The topological polar surface area (TPSA) is 41.9 Å². The summed E-state index contributed by atoms with van der Waals surface area (Å²) in [4.78, 5) is 4.95. The number of thiophene rings is 1. The summed E-state index contributed by atoms with van der Waals surface area (Å²) < 4.78 is 11.6. The molecule has 2 atom stereocenters. The predicted molar refractivity (Wildman–Crippen MR) is 106 cm³/mol. The van der Waals surface area contributed by atoms with E-state index < -0.39 is 6.10 Å². The quantitative estimate of drug-likeness (QED) is 0.724. The van der Waals surface area contributed by atoms with Crippen molar-refractivity contribution in [3.8, 4) is 5.75 Å². The van der Waals surface area contributed by atoms with E-state index in [2.05, 4.69) is 24.0 Å². The van der Waals surface area contributed by atoms with Crippen LogP contribution in [0, 0.1) is 13.8 Å². The van der Waals surface area contributed by atoms with E-state index in [9.17, 15) is 5.11 Å². The van der Waals surface area contributed by atoms with Crippen molar-refractivity contribution in [1.82, 2.24) is 4.90 Å². The first kappa shape index (κ1) is 19.4. The molecule has 0 radical (unpaired) electrons. The summed E-state index contributed by atoms with van der Waals surface area (Å²) in [5, 5.41) is 10.5. The molecule has 26 heavy (non-hydrogen) atoms. The Bertz CT molecular complexity index is 681. The van der Waals surface area contributed by atoms with Gasteiger partial charge >= 0.3 is 0 Å². The van der Waals surface area contributed by atoms with Crippen molar-refractivity contribution >= 4 is 11.3 Å². The van der Waals surface area contributed by atoms with Crippen LogP contribution in [-0.4, -0.2) is 48.5 Å². The number of aryl methyl sites for hydroxylation is 2. The van der Waals surface area contributed by atoms with Crippen LogP contribution in [0.4, 0.5) is 0 Å². The lowest BCUT2D eigenvalue weighted by Gasteiger charge is -2.27. The maximum atomic E-state index is 10.5. The first-order chi connectivity index (χ1) is 12.6. The van der Waals surface area contributed by atoms with Gasteiger partial charge in [-0.15, -0.1) is 11.3 Å². The smallest absolute Gasteiger partial charge is 0.122 e. The lowest BCUT2D eigenvalue weighted by molar-refractivity contribution is 0.0316. The lowest BCUT2D eigenvalue weighted by atomic mass is 10.2. The van der Waals surface area contributed by atoms with E-state index in [0.717, 1.165) is 43.9 Å². The highest BCUT2D eigenvalue weighted by molar-refractivity contribution is 7.11. The van der Waals surface area contributed by atoms with Crippen LogP contribution in [-0.2, 0) is 11.3 Å². The number of para-hydroxylation sites is 1. The summed E-state index contributed by atoms with van der Waals surface area (Å²) in [6.45, 7) is 7.60. The predicted octanol–water partition coefficient (Wildman–Crippen LogP) is 3.79. The minimum atomic E-state index is -0.530. The second-order valence-electron chi connectivity index (χ2n) is 7.07. The van der Waals surface area contributed by atoms with Crippen LogP contribution in [0.25, 0.3) is 0 Å². The molecule has 3 rings (SSSR count). The molecule has 142 valence electrons. The molecule has 0 bridgehead atoms. The average Bonchev–Trinajstić information content (AvgIpc) is 3.26. The van der Waals surface area contributed by atoms with E-state index in [1.165, 1.54) is 9.75 Å². The summed E-state index contributed by atoms with van der Waals surface area (Å²) in [5.41, 5.74) is 1.09. The van der Waals surface area contributed by atoms with Gasteiger partial charge in [-0.1, -0.05) is 18.2 Å². The molecule has 1 aliphatic heterocycles. The SMILES string of the molecule is Cc1ccc(CN(CC(O)COc2ccccc2C)CC2CCCO2)s1. The van der Waals surface area contributed by atoms with Crippen molar-refractivity contribution in [1.29, 1.82) is 0 Å². The molecule has 1 N–H and O–H groups in total.